The van der Waals surface area contributed by atoms with Gasteiger partial charge in [0.2, 0.25) is 5.88 Å². The second-order valence-electron chi connectivity index (χ2n) is 5.97. The lowest BCUT2D eigenvalue weighted by atomic mass is 10.1. The zero-order valence-corrected chi connectivity index (χ0v) is 13.6. The van der Waals surface area contributed by atoms with Crippen LogP contribution in [0.4, 0.5) is 5.82 Å². The SMILES string of the molecule is COc1cc(N2CCN(Cc3ccc4cn[nH]c4c3)CC2)ncn1. The molecule has 0 unspecified atom stereocenters. The normalized spacial score (nSPS) is 15.8. The van der Waals surface area contributed by atoms with Crippen molar-refractivity contribution in [1.29, 1.82) is 0 Å². The van der Waals surface area contributed by atoms with Crippen LogP contribution in [0.1, 0.15) is 5.56 Å². The van der Waals surface area contributed by atoms with Crippen molar-refractivity contribution in [2.45, 2.75) is 6.54 Å². The number of aromatic amines is 1. The molecule has 24 heavy (non-hydrogen) atoms. The molecule has 0 bridgehead atoms. The van der Waals surface area contributed by atoms with Crippen LogP contribution in [0.5, 0.6) is 5.88 Å². The van der Waals surface area contributed by atoms with Crippen LogP contribution in [0.3, 0.4) is 0 Å². The van der Waals surface area contributed by atoms with Gasteiger partial charge in [-0.25, -0.2) is 9.97 Å². The van der Waals surface area contributed by atoms with Crippen molar-refractivity contribution in [3.05, 3.63) is 42.4 Å². The minimum Gasteiger partial charge on any atom is -0.481 e. The van der Waals surface area contributed by atoms with E-state index in [1.54, 1.807) is 13.4 Å². The van der Waals surface area contributed by atoms with Crippen LogP contribution in [-0.2, 0) is 6.54 Å². The molecular formula is C17H20N6O. The fraction of sp³-hybridized carbons (Fsp3) is 0.353. The van der Waals surface area contributed by atoms with Crippen molar-refractivity contribution >= 4 is 16.7 Å². The van der Waals surface area contributed by atoms with Gasteiger partial charge in [-0.05, 0) is 11.6 Å². The third kappa shape index (κ3) is 3.03. The maximum Gasteiger partial charge on any atom is 0.218 e. The van der Waals surface area contributed by atoms with Crippen molar-refractivity contribution < 1.29 is 4.74 Å². The maximum atomic E-state index is 5.18. The molecule has 1 N–H and O–H groups in total. The van der Waals surface area contributed by atoms with E-state index in [9.17, 15) is 0 Å². The van der Waals surface area contributed by atoms with E-state index < -0.39 is 0 Å². The number of nitrogens with one attached hydrogen (secondary N) is 1. The molecular weight excluding hydrogens is 304 g/mol. The average molecular weight is 324 g/mol. The van der Waals surface area contributed by atoms with Gasteiger partial charge in [0.05, 0.1) is 18.8 Å². The Morgan fingerprint density at radius 2 is 2.00 bits per heavy atom. The van der Waals surface area contributed by atoms with Crippen LogP contribution in [0.15, 0.2) is 36.8 Å². The topological polar surface area (TPSA) is 70.2 Å². The van der Waals surface area contributed by atoms with E-state index in [0.29, 0.717) is 5.88 Å². The predicted molar refractivity (Wildman–Crippen MR) is 92.2 cm³/mol. The van der Waals surface area contributed by atoms with Gasteiger partial charge >= 0.3 is 0 Å². The Morgan fingerprint density at radius 3 is 2.83 bits per heavy atom. The molecule has 0 radical (unpaired) electrons. The third-order valence-electron chi connectivity index (χ3n) is 4.45. The van der Waals surface area contributed by atoms with Gasteiger partial charge in [0.15, 0.2) is 0 Å². The van der Waals surface area contributed by atoms with Crippen molar-refractivity contribution in [1.82, 2.24) is 25.1 Å². The maximum absolute atomic E-state index is 5.18. The number of hydrogen-bond acceptors (Lipinski definition) is 6. The number of fused-ring (bicyclic) bond motifs is 1. The van der Waals surface area contributed by atoms with Crippen LogP contribution in [-0.4, -0.2) is 58.4 Å². The van der Waals surface area contributed by atoms with E-state index in [1.807, 2.05) is 12.3 Å². The van der Waals surface area contributed by atoms with Crippen LogP contribution in [0.25, 0.3) is 10.9 Å². The molecule has 1 aromatic carbocycles. The van der Waals surface area contributed by atoms with Gasteiger partial charge in [0, 0.05) is 44.2 Å². The molecule has 1 aliphatic rings. The lowest BCUT2D eigenvalue weighted by molar-refractivity contribution is 0.249. The third-order valence-corrected chi connectivity index (χ3v) is 4.45. The highest BCUT2D eigenvalue weighted by molar-refractivity contribution is 5.78. The van der Waals surface area contributed by atoms with Crippen molar-refractivity contribution in [2.24, 2.45) is 0 Å². The summed E-state index contributed by atoms with van der Waals surface area (Å²) in [7, 11) is 1.63. The van der Waals surface area contributed by atoms with E-state index in [-0.39, 0.29) is 0 Å². The summed E-state index contributed by atoms with van der Waals surface area (Å²) in [5.74, 6) is 1.54. The number of rotatable bonds is 4. The van der Waals surface area contributed by atoms with Crippen molar-refractivity contribution in [3.63, 3.8) is 0 Å². The van der Waals surface area contributed by atoms with Crippen LogP contribution < -0.4 is 9.64 Å². The van der Waals surface area contributed by atoms with E-state index in [0.717, 1.165) is 49.4 Å². The molecule has 1 fully saturated rings. The van der Waals surface area contributed by atoms with Crippen molar-refractivity contribution in [3.8, 4) is 5.88 Å². The Labute approximate surface area is 140 Å². The highest BCUT2D eigenvalue weighted by atomic mass is 16.5. The molecule has 0 saturated carbocycles. The molecule has 3 aromatic rings. The lowest BCUT2D eigenvalue weighted by Gasteiger charge is -2.35. The molecule has 7 heteroatoms. The van der Waals surface area contributed by atoms with Crippen molar-refractivity contribution in [2.75, 3.05) is 38.2 Å². The Bertz CT molecular complexity index is 825. The van der Waals surface area contributed by atoms with Crippen LogP contribution in [0, 0.1) is 0 Å². The summed E-state index contributed by atoms with van der Waals surface area (Å²) in [4.78, 5) is 13.2. The number of aromatic nitrogens is 4. The summed E-state index contributed by atoms with van der Waals surface area (Å²) in [6.45, 7) is 4.87. The molecule has 1 saturated heterocycles. The van der Waals surface area contributed by atoms with Gasteiger partial charge in [0.25, 0.3) is 0 Å². The Balaban J connectivity index is 1.38. The molecule has 0 spiro atoms. The Hall–Kier alpha value is -2.67. The summed E-state index contributed by atoms with van der Waals surface area (Å²) in [5.41, 5.74) is 2.41. The minimum absolute atomic E-state index is 0.607. The predicted octanol–water partition coefficient (Wildman–Crippen LogP) is 1.68. The molecule has 1 aliphatic heterocycles. The van der Waals surface area contributed by atoms with Gasteiger partial charge in [-0.2, -0.15) is 5.10 Å². The molecule has 124 valence electrons. The number of H-pyrrole nitrogens is 1. The molecule has 4 rings (SSSR count). The number of methoxy groups -OCH3 is 1. The van der Waals surface area contributed by atoms with Gasteiger partial charge in [-0.3, -0.25) is 10.00 Å². The first-order chi connectivity index (χ1) is 11.8. The summed E-state index contributed by atoms with van der Waals surface area (Å²) >= 11 is 0. The second kappa shape index (κ2) is 6.45. The van der Waals surface area contributed by atoms with E-state index >= 15 is 0 Å². The zero-order chi connectivity index (χ0) is 16.4. The van der Waals surface area contributed by atoms with Gasteiger partial charge in [0.1, 0.15) is 12.1 Å². The molecule has 0 amide bonds. The highest BCUT2D eigenvalue weighted by Crippen LogP contribution is 2.19. The Kier molecular flexibility index (Phi) is 4.00. The number of anilines is 1. The summed E-state index contributed by atoms with van der Waals surface area (Å²) in [6.07, 6.45) is 3.41. The number of piperazine rings is 1. The lowest BCUT2D eigenvalue weighted by Crippen LogP contribution is -2.46. The number of benzene rings is 1. The first-order valence-corrected chi connectivity index (χ1v) is 8.07. The average Bonchev–Trinajstić information content (AvgIpc) is 3.10. The van der Waals surface area contributed by atoms with Gasteiger partial charge in [-0.1, -0.05) is 12.1 Å². The first-order valence-electron chi connectivity index (χ1n) is 8.07. The first kappa shape index (κ1) is 14.9. The monoisotopic (exact) mass is 324 g/mol. The standard InChI is InChI=1S/C17H20N6O/c1-24-17-9-16(18-12-19-17)23-6-4-22(5-7-23)11-13-2-3-14-10-20-21-15(14)8-13/h2-3,8-10,12H,4-7,11H2,1H3,(H,20,21). The zero-order valence-electron chi connectivity index (χ0n) is 13.6. The smallest absolute Gasteiger partial charge is 0.218 e. The largest absolute Gasteiger partial charge is 0.481 e. The molecule has 3 heterocycles. The number of ether oxygens (including phenoxy) is 1. The fourth-order valence-electron chi connectivity index (χ4n) is 3.09. The number of hydrogen-bond donors (Lipinski definition) is 1. The summed E-state index contributed by atoms with van der Waals surface area (Å²) < 4.78 is 5.18. The molecule has 7 nitrogen and oxygen atoms in total. The number of nitrogens with zero attached hydrogens (tertiary/aromatic N) is 5. The van der Waals surface area contributed by atoms with Gasteiger partial charge < -0.3 is 9.64 Å². The van der Waals surface area contributed by atoms with E-state index in [2.05, 4.69) is 48.2 Å². The van der Waals surface area contributed by atoms with E-state index in [4.69, 9.17) is 4.74 Å². The summed E-state index contributed by atoms with van der Waals surface area (Å²) in [6, 6.07) is 8.38. The highest BCUT2D eigenvalue weighted by Gasteiger charge is 2.18. The van der Waals surface area contributed by atoms with Gasteiger partial charge in [-0.15, -0.1) is 0 Å². The molecule has 0 atom stereocenters. The molecule has 2 aromatic heterocycles. The minimum atomic E-state index is 0.607. The Morgan fingerprint density at radius 1 is 1.12 bits per heavy atom. The second-order valence-corrected chi connectivity index (χ2v) is 5.97. The van der Waals surface area contributed by atoms with Crippen LogP contribution >= 0.6 is 0 Å². The van der Waals surface area contributed by atoms with Crippen LogP contribution in [0.2, 0.25) is 0 Å². The quantitative estimate of drug-likeness (QED) is 0.787. The van der Waals surface area contributed by atoms with E-state index in [1.165, 1.54) is 5.56 Å². The summed E-state index contributed by atoms with van der Waals surface area (Å²) in [5, 5.41) is 8.27. The fourth-order valence-corrected chi connectivity index (χ4v) is 3.09. The molecule has 0 aliphatic carbocycles.